The summed E-state index contributed by atoms with van der Waals surface area (Å²) < 4.78 is 0. The molecule has 4 nitrogen and oxygen atoms in total. The Balaban J connectivity index is 1.43. The Kier molecular flexibility index (Phi) is 5.42. The molecular formula is C28H25N3O. The Morgan fingerprint density at radius 3 is 2.62 bits per heavy atom. The van der Waals surface area contributed by atoms with E-state index >= 15 is 0 Å². The number of benzene rings is 3. The lowest BCUT2D eigenvalue weighted by molar-refractivity contribution is -0.116. The van der Waals surface area contributed by atoms with Crippen LogP contribution in [0.3, 0.4) is 0 Å². The zero-order valence-electron chi connectivity index (χ0n) is 18.1. The summed E-state index contributed by atoms with van der Waals surface area (Å²) in [4.78, 5) is 20.9. The number of anilines is 1. The molecule has 0 radical (unpaired) electrons. The molecule has 158 valence electrons. The molecule has 5 aromatic rings. The summed E-state index contributed by atoms with van der Waals surface area (Å²) in [7, 11) is 0. The highest BCUT2D eigenvalue weighted by molar-refractivity contribution is 5.93. The van der Waals surface area contributed by atoms with Gasteiger partial charge in [0, 0.05) is 28.4 Å². The maximum atomic E-state index is 12.4. The topological polar surface area (TPSA) is 57.8 Å². The van der Waals surface area contributed by atoms with Crippen molar-refractivity contribution >= 4 is 33.4 Å². The average Bonchev–Trinajstić information content (AvgIpc) is 3.17. The van der Waals surface area contributed by atoms with Crippen LogP contribution in [0.15, 0.2) is 84.9 Å². The molecule has 4 heteroatoms. The summed E-state index contributed by atoms with van der Waals surface area (Å²) in [6.07, 6.45) is 2.04. The number of carbonyl (C=O) groups excluding carboxylic acids is 1. The molecule has 5 rings (SSSR count). The minimum atomic E-state index is 0.0394. The summed E-state index contributed by atoms with van der Waals surface area (Å²) >= 11 is 0. The fourth-order valence-electron chi connectivity index (χ4n) is 4.22. The van der Waals surface area contributed by atoms with Crippen molar-refractivity contribution in [2.75, 3.05) is 5.32 Å². The molecule has 3 aromatic carbocycles. The number of H-pyrrole nitrogens is 1. The number of hydrogen-bond acceptors (Lipinski definition) is 2. The van der Waals surface area contributed by atoms with Gasteiger partial charge in [-0.3, -0.25) is 4.79 Å². The summed E-state index contributed by atoms with van der Waals surface area (Å²) in [6, 6.07) is 28.4. The molecule has 0 saturated carbocycles. The van der Waals surface area contributed by atoms with Gasteiger partial charge < -0.3 is 10.3 Å². The molecule has 0 fully saturated rings. The number of nitrogens with zero attached hydrogens (tertiary/aromatic N) is 1. The van der Waals surface area contributed by atoms with Crippen LogP contribution in [0.4, 0.5) is 5.69 Å². The van der Waals surface area contributed by atoms with Gasteiger partial charge >= 0.3 is 0 Å². The van der Waals surface area contributed by atoms with Crippen LogP contribution in [-0.4, -0.2) is 15.9 Å². The van der Waals surface area contributed by atoms with Gasteiger partial charge in [-0.15, -0.1) is 0 Å². The van der Waals surface area contributed by atoms with Crippen molar-refractivity contribution < 1.29 is 4.79 Å². The minimum Gasteiger partial charge on any atom is -0.353 e. The highest BCUT2D eigenvalue weighted by Gasteiger charge is 2.15. The van der Waals surface area contributed by atoms with E-state index in [1.165, 1.54) is 16.5 Å². The molecule has 2 aromatic heterocycles. The molecule has 0 spiro atoms. The van der Waals surface area contributed by atoms with Gasteiger partial charge in [-0.2, -0.15) is 0 Å². The second kappa shape index (κ2) is 8.67. The Bertz CT molecular complexity index is 1400. The van der Waals surface area contributed by atoms with Crippen LogP contribution < -0.4 is 5.32 Å². The fourth-order valence-corrected chi connectivity index (χ4v) is 4.22. The largest absolute Gasteiger partial charge is 0.353 e. The van der Waals surface area contributed by atoms with Crippen molar-refractivity contribution in [2.45, 2.75) is 26.2 Å². The molecular weight excluding hydrogens is 394 g/mol. The predicted molar refractivity (Wildman–Crippen MR) is 132 cm³/mol. The summed E-state index contributed by atoms with van der Waals surface area (Å²) in [6.45, 7) is 2.11. The number of fused-ring (bicyclic) bond motifs is 2. The van der Waals surface area contributed by atoms with Gasteiger partial charge in [0.15, 0.2) is 0 Å². The monoisotopic (exact) mass is 419 g/mol. The Morgan fingerprint density at radius 1 is 0.938 bits per heavy atom. The van der Waals surface area contributed by atoms with E-state index in [1.54, 1.807) is 0 Å². The molecule has 0 aliphatic carbocycles. The lowest BCUT2D eigenvalue weighted by atomic mass is 10.0. The van der Waals surface area contributed by atoms with E-state index in [2.05, 4.69) is 53.6 Å². The Labute approximate surface area is 187 Å². The Morgan fingerprint density at radius 2 is 1.75 bits per heavy atom. The molecule has 0 aliphatic heterocycles. The number of pyridine rings is 1. The average molecular weight is 420 g/mol. The third kappa shape index (κ3) is 4.12. The van der Waals surface area contributed by atoms with E-state index in [4.69, 9.17) is 4.98 Å². The lowest BCUT2D eigenvalue weighted by Crippen LogP contribution is -2.11. The first kappa shape index (κ1) is 20.0. The number of aryl methyl sites for hydroxylation is 2. The van der Waals surface area contributed by atoms with Crippen molar-refractivity contribution in [2.24, 2.45) is 0 Å². The van der Waals surface area contributed by atoms with Crippen LogP contribution in [0.2, 0.25) is 0 Å². The van der Waals surface area contributed by atoms with Gasteiger partial charge in [0.05, 0.1) is 16.9 Å². The molecule has 32 heavy (non-hydrogen) atoms. The van der Waals surface area contributed by atoms with E-state index in [-0.39, 0.29) is 5.91 Å². The standard InChI is InChI=1S/C28H25N3O/c1-19-14-16-25-23(18-19)22(11-7-13-27(32)29-21-9-3-2-4-10-21)28(31-25)26-17-15-20-8-5-6-12-24(20)30-26/h2-6,8-10,12,14-18,31H,7,11,13H2,1H3,(H,29,32). The van der Waals surface area contributed by atoms with Crippen molar-refractivity contribution in [3.8, 4) is 11.4 Å². The van der Waals surface area contributed by atoms with E-state index in [9.17, 15) is 4.79 Å². The maximum Gasteiger partial charge on any atom is 0.224 e. The third-order valence-electron chi connectivity index (χ3n) is 5.80. The number of rotatable bonds is 6. The minimum absolute atomic E-state index is 0.0394. The highest BCUT2D eigenvalue weighted by atomic mass is 16.1. The highest BCUT2D eigenvalue weighted by Crippen LogP contribution is 2.32. The van der Waals surface area contributed by atoms with E-state index < -0.39 is 0 Å². The molecule has 2 heterocycles. The van der Waals surface area contributed by atoms with E-state index in [1.807, 2.05) is 48.5 Å². The molecule has 0 bridgehead atoms. The van der Waals surface area contributed by atoms with Crippen LogP contribution in [0.1, 0.15) is 24.0 Å². The summed E-state index contributed by atoms with van der Waals surface area (Å²) in [5.74, 6) is 0.0394. The second-order valence-electron chi connectivity index (χ2n) is 8.18. The van der Waals surface area contributed by atoms with Gasteiger partial charge in [0.1, 0.15) is 0 Å². The van der Waals surface area contributed by atoms with Gasteiger partial charge in [0.2, 0.25) is 5.91 Å². The van der Waals surface area contributed by atoms with Crippen molar-refractivity contribution in [1.82, 2.24) is 9.97 Å². The zero-order valence-corrected chi connectivity index (χ0v) is 18.1. The van der Waals surface area contributed by atoms with Gasteiger partial charge in [-0.1, -0.05) is 54.1 Å². The van der Waals surface area contributed by atoms with Crippen molar-refractivity contribution in [1.29, 1.82) is 0 Å². The maximum absolute atomic E-state index is 12.4. The number of amides is 1. The number of nitrogens with one attached hydrogen (secondary N) is 2. The molecule has 0 atom stereocenters. The SMILES string of the molecule is Cc1ccc2[nH]c(-c3ccc4ccccc4n3)c(CCCC(=O)Nc3ccccc3)c2c1. The number of aromatic amines is 1. The third-order valence-corrected chi connectivity index (χ3v) is 5.80. The Hall–Kier alpha value is -3.92. The van der Waals surface area contributed by atoms with E-state index in [0.29, 0.717) is 6.42 Å². The van der Waals surface area contributed by atoms with Gasteiger partial charge in [0.25, 0.3) is 0 Å². The second-order valence-corrected chi connectivity index (χ2v) is 8.18. The first-order valence-corrected chi connectivity index (χ1v) is 11.0. The number of carbonyl (C=O) groups is 1. The van der Waals surface area contributed by atoms with Crippen LogP contribution in [-0.2, 0) is 11.2 Å². The molecule has 0 unspecified atom stereocenters. The first-order valence-electron chi connectivity index (χ1n) is 11.0. The van der Waals surface area contributed by atoms with E-state index in [0.717, 1.165) is 46.3 Å². The summed E-state index contributed by atoms with van der Waals surface area (Å²) in [5.41, 5.74) is 7.33. The molecule has 0 aliphatic rings. The number of aromatic nitrogens is 2. The van der Waals surface area contributed by atoms with Crippen LogP contribution in [0, 0.1) is 6.92 Å². The number of hydrogen-bond donors (Lipinski definition) is 2. The van der Waals surface area contributed by atoms with Crippen LogP contribution >= 0.6 is 0 Å². The smallest absolute Gasteiger partial charge is 0.224 e. The van der Waals surface area contributed by atoms with Gasteiger partial charge in [-0.25, -0.2) is 4.98 Å². The number of para-hydroxylation sites is 2. The van der Waals surface area contributed by atoms with Crippen LogP contribution in [0.5, 0.6) is 0 Å². The summed E-state index contributed by atoms with van der Waals surface area (Å²) in [5, 5.41) is 5.31. The normalized spacial score (nSPS) is 11.2. The quantitative estimate of drug-likeness (QED) is 0.324. The molecule has 2 N–H and O–H groups in total. The fraction of sp³-hybridized carbons (Fsp3) is 0.143. The zero-order chi connectivity index (χ0) is 21.9. The van der Waals surface area contributed by atoms with Crippen molar-refractivity contribution in [3.63, 3.8) is 0 Å². The lowest BCUT2D eigenvalue weighted by Gasteiger charge is -2.08. The predicted octanol–water partition coefficient (Wildman–Crippen LogP) is 6.65. The van der Waals surface area contributed by atoms with Crippen LogP contribution in [0.25, 0.3) is 33.2 Å². The molecule has 0 saturated heterocycles. The molecule has 1 amide bonds. The van der Waals surface area contributed by atoms with Gasteiger partial charge in [-0.05, 0) is 61.7 Å². The first-order chi connectivity index (χ1) is 15.7. The van der Waals surface area contributed by atoms with Crippen molar-refractivity contribution in [3.05, 3.63) is 96.1 Å².